The second-order valence-electron chi connectivity index (χ2n) is 10.0. The van der Waals surface area contributed by atoms with Crippen molar-refractivity contribution in [1.29, 1.82) is 0 Å². The van der Waals surface area contributed by atoms with E-state index in [0.717, 1.165) is 41.1 Å². The third kappa shape index (κ3) is 3.05. The SMILES string of the molecule is C=C1CC(C)(C)CC2=C1C(c1ccc(O)c(O)c1)C1=C(CC(C)(C)CC1=O)O2. The van der Waals surface area contributed by atoms with Crippen molar-refractivity contribution in [3.05, 3.63) is 58.6 Å². The number of hydrogen-bond acceptors (Lipinski definition) is 4. The summed E-state index contributed by atoms with van der Waals surface area (Å²) in [4.78, 5) is 13.2. The maximum absolute atomic E-state index is 13.2. The van der Waals surface area contributed by atoms with Crippen LogP contribution in [0.4, 0.5) is 0 Å². The number of ether oxygens (including phenoxy) is 1. The number of benzene rings is 1. The van der Waals surface area contributed by atoms with E-state index in [1.165, 1.54) is 6.07 Å². The summed E-state index contributed by atoms with van der Waals surface area (Å²) in [6.45, 7) is 12.9. The van der Waals surface area contributed by atoms with Crippen LogP contribution in [0.1, 0.15) is 64.9 Å². The molecule has 1 aliphatic heterocycles. The fourth-order valence-corrected chi connectivity index (χ4v) is 4.96. The number of hydrogen-bond donors (Lipinski definition) is 2. The first-order chi connectivity index (χ1) is 13.0. The first-order valence-electron chi connectivity index (χ1n) is 9.85. The topological polar surface area (TPSA) is 66.8 Å². The van der Waals surface area contributed by atoms with Crippen molar-refractivity contribution in [3.8, 4) is 11.5 Å². The molecule has 1 aromatic carbocycles. The highest BCUT2D eigenvalue weighted by Crippen LogP contribution is 2.55. The number of rotatable bonds is 1. The van der Waals surface area contributed by atoms with Crippen molar-refractivity contribution in [1.82, 2.24) is 0 Å². The van der Waals surface area contributed by atoms with Crippen LogP contribution >= 0.6 is 0 Å². The molecule has 0 radical (unpaired) electrons. The maximum Gasteiger partial charge on any atom is 0.163 e. The minimum Gasteiger partial charge on any atom is -0.504 e. The standard InChI is InChI=1S/C24H28O4/c1-13-9-23(2,3)11-18-20(13)21(14-6-7-15(25)16(26)8-14)22-17(27)10-24(4,5)12-19(22)28-18/h6-8,21,25-26H,1,9-12H2,2-5H3. The molecule has 1 aromatic rings. The van der Waals surface area contributed by atoms with Gasteiger partial charge in [-0.25, -0.2) is 0 Å². The van der Waals surface area contributed by atoms with Gasteiger partial charge in [0.15, 0.2) is 17.3 Å². The minimum atomic E-state index is -0.308. The van der Waals surface area contributed by atoms with E-state index in [9.17, 15) is 15.0 Å². The summed E-state index contributed by atoms with van der Waals surface area (Å²) in [5.41, 5.74) is 3.32. The number of phenolic OH excluding ortho intramolecular Hbond substituents is 2. The lowest BCUT2D eigenvalue weighted by molar-refractivity contribution is -0.119. The Morgan fingerprint density at radius 3 is 2.18 bits per heavy atom. The maximum atomic E-state index is 13.2. The monoisotopic (exact) mass is 380 g/mol. The second kappa shape index (κ2) is 6.00. The lowest BCUT2D eigenvalue weighted by Crippen LogP contribution is -2.35. The molecular formula is C24H28O4. The number of allylic oxidation sites excluding steroid dienone is 5. The molecule has 4 heteroatoms. The van der Waals surface area contributed by atoms with E-state index < -0.39 is 0 Å². The molecule has 4 rings (SSSR count). The number of aromatic hydroxyl groups is 2. The average Bonchev–Trinajstić information content (AvgIpc) is 2.53. The van der Waals surface area contributed by atoms with Crippen LogP contribution in [0.25, 0.3) is 0 Å². The van der Waals surface area contributed by atoms with Crippen molar-refractivity contribution in [2.45, 2.75) is 59.3 Å². The number of carbonyl (C=O) groups is 1. The third-order valence-corrected chi connectivity index (χ3v) is 6.05. The molecule has 1 unspecified atom stereocenters. The predicted molar refractivity (Wildman–Crippen MR) is 108 cm³/mol. The fourth-order valence-electron chi connectivity index (χ4n) is 4.96. The van der Waals surface area contributed by atoms with Gasteiger partial charge in [0, 0.05) is 36.3 Å². The van der Waals surface area contributed by atoms with Crippen LogP contribution in [0.2, 0.25) is 0 Å². The van der Waals surface area contributed by atoms with Crippen molar-refractivity contribution >= 4 is 5.78 Å². The van der Waals surface area contributed by atoms with Crippen LogP contribution < -0.4 is 0 Å². The smallest absolute Gasteiger partial charge is 0.163 e. The molecule has 1 heterocycles. The number of carbonyl (C=O) groups excluding carboxylic acids is 1. The summed E-state index contributed by atoms with van der Waals surface area (Å²) in [5, 5.41) is 19.9. The molecule has 28 heavy (non-hydrogen) atoms. The zero-order chi connectivity index (χ0) is 20.4. The summed E-state index contributed by atoms with van der Waals surface area (Å²) in [7, 11) is 0. The van der Waals surface area contributed by atoms with E-state index in [4.69, 9.17) is 4.74 Å². The Balaban J connectivity index is 1.93. The van der Waals surface area contributed by atoms with Crippen LogP contribution in [-0.2, 0) is 9.53 Å². The van der Waals surface area contributed by atoms with Crippen LogP contribution in [0.5, 0.6) is 11.5 Å². The van der Waals surface area contributed by atoms with Gasteiger partial charge in [-0.2, -0.15) is 0 Å². The Morgan fingerprint density at radius 1 is 0.929 bits per heavy atom. The summed E-state index contributed by atoms with van der Waals surface area (Å²) in [6, 6.07) is 4.81. The van der Waals surface area contributed by atoms with Crippen LogP contribution in [-0.4, -0.2) is 16.0 Å². The van der Waals surface area contributed by atoms with Crippen LogP contribution in [0.15, 0.2) is 53.0 Å². The van der Waals surface area contributed by atoms with Gasteiger partial charge in [0.25, 0.3) is 0 Å². The number of Topliss-reactive ketones (excluding diaryl/α,β-unsaturated/α-hetero) is 1. The normalized spacial score (nSPS) is 25.9. The van der Waals surface area contributed by atoms with Gasteiger partial charge < -0.3 is 14.9 Å². The second-order valence-corrected chi connectivity index (χ2v) is 10.0. The van der Waals surface area contributed by atoms with Gasteiger partial charge in [-0.15, -0.1) is 0 Å². The molecule has 0 fully saturated rings. The molecule has 148 valence electrons. The molecule has 0 spiro atoms. The summed E-state index contributed by atoms with van der Waals surface area (Å²) >= 11 is 0. The minimum absolute atomic E-state index is 0.0455. The average molecular weight is 380 g/mol. The first kappa shape index (κ1) is 18.9. The summed E-state index contributed by atoms with van der Waals surface area (Å²) in [5.74, 6) is 1.08. The van der Waals surface area contributed by atoms with E-state index in [1.807, 2.05) is 0 Å². The van der Waals surface area contributed by atoms with Gasteiger partial charge in [-0.05, 0) is 40.5 Å². The molecule has 2 aliphatic carbocycles. The van der Waals surface area contributed by atoms with Gasteiger partial charge in [-0.1, -0.05) is 40.3 Å². The Kier molecular flexibility index (Phi) is 4.04. The van der Waals surface area contributed by atoms with Crippen LogP contribution in [0.3, 0.4) is 0 Å². The molecule has 4 nitrogen and oxygen atoms in total. The molecule has 0 bridgehead atoms. The molecule has 0 amide bonds. The highest BCUT2D eigenvalue weighted by molar-refractivity contribution is 6.00. The van der Waals surface area contributed by atoms with Crippen molar-refractivity contribution < 1.29 is 19.7 Å². The summed E-state index contributed by atoms with van der Waals surface area (Å²) in [6.07, 6.45) is 2.79. The van der Waals surface area contributed by atoms with Crippen molar-refractivity contribution in [2.75, 3.05) is 0 Å². The Labute approximate surface area is 166 Å². The molecule has 0 saturated heterocycles. The first-order valence-corrected chi connectivity index (χ1v) is 9.85. The van der Waals surface area contributed by atoms with Gasteiger partial charge >= 0.3 is 0 Å². The zero-order valence-corrected chi connectivity index (χ0v) is 17.1. The Hall–Kier alpha value is -2.49. The van der Waals surface area contributed by atoms with Gasteiger partial charge in [0.2, 0.25) is 0 Å². The molecule has 0 saturated carbocycles. The third-order valence-electron chi connectivity index (χ3n) is 6.05. The highest BCUT2D eigenvalue weighted by Gasteiger charge is 2.46. The largest absolute Gasteiger partial charge is 0.504 e. The van der Waals surface area contributed by atoms with E-state index in [1.54, 1.807) is 12.1 Å². The highest BCUT2D eigenvalue weighted by atomic mass is 16.5. The summed E-state index contributed by atoms with van der Waals surface area (Å²) < 4.78 is 6.38. The van der Waals surface area contributed by atoms with E-state index in [-0.39, 0.29) is 34.0 Å². The quantitative estimate of drug-likeness (QED) is 0.633. The lowest BCUT2D eigenvalue weighted by Gasteiger charge is -2.44. The molecule has 0 aromatic heterocycles. The lowest BCUT2D eigenvalue weighted by atomic mass is 9.65. The van der Waals surface area contributed by atoms with E-state index in [0.29, 0.717) is 18.4 Å². The Morgan fingerprint density at radius 2 is 1.54 bits per heavy atom. The van der Waals surface area contributed by atoms with Crippen molar-refractivity contribution in [2.24, 2.45) is 10.8 Å². The van der Waals surface area contributed by atoms with Gasteiger partial charge in [0.1, 0.15) is 11.5 Å². The number of ketones is 1. The van der Waals surface area contributed by atoms with E-state index in [2.05, 4.69) is 34.3 Å². The molecule has 2 N–H and O–H groups in total. The van der Waals surface area contributed by atoms with Gasteiger partial charge in [-0.3, -0.25) is 4.79 Å². The molecule has 1 atom stereocenters. The number of phenols is 2. The van der Waals surface area contributed by atoms with Gasteiger partial charge in [0.05, 0.1) is 0 Å². The predicted octanol–water partition coefficient (Wildman–Crippen LogP) is 5.49. The zero-order valence-electron chi connectivity index (χ0n) is 17.1. The Bertz CT molecular complexity index is 907. The molecule has 3 aliphatic rings. The fraction of sp³-hybridized carbons (Fsp3) is 0.458. The van der Waals surface area contributed by atoms with Crippen LogP contribution in [0, 0.1) is 10.8 Å². The van der Waals surface area contributed by atoms with E-state index >= 15 is 0 Å². The van der Waals surface area contributed by atoms with Crippen molar-refractivity contribution in [3.63, 3.8) is 0 Å². The molecular weight excluding hydrogens is 352 g/mol.